The summed E-state index contributed by atoms with van der Waals surface area (Å²) in [7, 11) is 0. The molecular weight excluding hydrogens is 442 g/mol. The number of aryl methyl sites for hydroxylation is 1. The van der Waals surface area contributed by atoms with Gasteiger partial charge in [0.15, 0.2) is 0 Å². The van der Waals surface area contributed by atoms with E-state index in [1.165, 1.54) is 6.20 Å². The Labute approximate surface area is 194 Å². The van der Waals surface area contributed by atoms with Crippen LogP contribution in [-0.4, -0.2) is 44.7 Å². The third kappa shape index (κ3) is 4.70. The number of nitrogens with one attached hydrogen (secondary N) is 1. The molecule has 0 bridgehead atoms. The number of anilines is 2. The van der Waals surface area contributed by atoms with E-state index in [1.807, 2.05) is 4.90 Å². The molecule has 1 aliphatic rings. The topological polar surface area (TPSA) is 115 Å². The fraction of sp³-hybridized carbons (Fsp3) is 0.292. The van der Waals surface area contributed by atoms with E-state index in [9.17, 15) is 23.9 Å². The number of amides is 1. The third-order valence-corrected chi connectivity index (χ3v) is 5.50. The SMILES string of the molecule is Cc1ncc(NC(=O)c2cc(C(C)(F)F)ccn2)cc1-c1cnc(N2CC(C)(O)C2)c(C#N)c1. The molecule has 174 valence electrons. The first-order valence-corrected chi connectivity index (χ1v) is 10.5. The van der Waals surface area contributed by atoms with Crippen LogP contribution in [0.5, 0.6) is 0 Å². The summed E-state index contributed by atoms with van der Waals surface area (Å²) in [5.41, 5.74) is 1.34. The Morgan fingerprint density at radius 1 is 1.24 bits per heavy atom. The molecule has 3 aromatic heterocycles. The maximum Gasteiger partial charge on any atom is 0.274 e. The van der Waals surface area contributed by atoms with Crippen molar-refractivity contribution in [3.8, 4) is 17.2 Å². The maximum absolute atomic E-state index is 13.6. The summed E-state index contributed by atoms with van der Waals surface area (Å²) < 4.78 is 27.2. The molecule has 0 unspecified atom stereocenters. The number of nitrogens with zero attached hydrogens (tertiary/aromatic N) is 5. The number of aromatic nitrogens is 3. The van der Waals surface area contributed by atoms with Gasteiger partial charge in [-0.25, -0.2) is 13.8 Å². The lowest BCUT2D eigenvalue weighted by atomic mass is 9.96. The Balaban J connectivity index is 1.59. The van der Waals surface area contributed by atoms with Crippen molar-refractivity contribution in [3.63, 3.8) is 0 Å². The van der Waals surface area contributed by atoms with E-state index in [0.29, 0.717) is 47.0 Å². The number of hydrogen-bond acceptors (Lipinski definition) is 7. The number of carbonyl (C=O) groups is 1. The van der Waals surface area contributed by atoms with Crippen molar-refractivity contribution in [2.45, 2.75) is 32.3 Å². The van der Waals surface area contributed by atoms with Crippen molar-refractivity contribution in [1.82, 2.24) is 15.0 Å². The summed E-state index contributed by atoms with van der Waals surface area (Å²) in [6.45, 7) is 5.02. The Morgan fingerprint density at radius 2 is 1.97 bits per heavy atom. The third-order valence-electron chi connectivity index (χ3n) is 5.50. The molecule has 0 radical (unpaired) electrons. The highest BCUT2D eigenvalue weighted by molar-refractivity contribution is 6.03. The van der Waals surface area contributed by atoms with Crippen LogP contribution in [0.15, 0.2) is 42.9 Å². The van der Waals surface area contributed by atoms with Crippen molar-refractivity contribution >= 4 is 17.4 Å². The zero-order valence-electron chi connectivity index (χ0n) is 18.8. The number of rotatable bonds is 5. The second-order valence-electron chi connectivity index (χ2n) is 8.69. The number of β-amino-alcohol motifs (C(OH)–C–C–N with tert-alkyl or cyclic N) is 1. The van der Waals surface area contributed by atoms with Crippen molar-refractivity contribution < 1.29 is 18.7 Å². The number of alkyl halides is 2. The number of pyridine rings is 3. The standard InChI is InChI=1S/C24H22F2N6O2/c1-14-19(16-6-15(9-27)21(30-10-16)32-12-23(2,34)13-32)8-18(11-29-14)31-22(33)20-7-17(4-5-28-20)24(3,25)26/h4-8,10-11,34H,12-13H2,1-3H3,(H,31,33). The molecule has 8 nitrogen and oxygen atoms in total. The second kappa shape index (κ2) is 8.43. The summed E-state index contributed by atoms with van der Waals surface area (Å²) in [6.07, 6.45) is 4.21. The Bertz CT molecular complexity index is 1310. The minimum absolute atomic E-state index is 0.149. The number of carbonyl (C=O) groups excluding carboxylic acids is 1. The van der Waals surface area contributed by atoms with Crippen LogP contribution in [0.2, 0.25) is 0 Å². The molecule has 1 amide bonds. The van der Waals surface area contributed by atoms with E-state index >= 15 is 0 Å². The van der Waals surface area contributed by atoms with Crippen LogP contribution >= 0.6 is 0 Å². The van der Waals surface area contributed by atoms with E-state index in [2.05, 4.69) is 26.3 Å². The van der Waals surface area contributed by atoms with Gasteiger partial charge < -0.3 is 15.3 Å². The molecule has 0 aromatic carbocycles. The van der Waals surface area contributed by atoms with Crippen molar-refractivity contribution in [2.24, 2.45) is 0 Å². The van der Waals surface area contributed by atoms with Crippen molar-refractivity contribution in [3.05, 3.63) is 65.4 Å². The predicted octanol–water partition coefficient (Wildman–Crippen LogP) is 3.65. The maximum atomic E-state index is 13.6. The molecule has 4 heterocycles. The highest BCUT2D eigenvalue weighted by Crippen LogP contribution is 2.32. The summed E-state index contributed by atoms with van der Waals surface area (Å²) in [5.74, 6) is -3.26. The van der Waals surface area contributed by atoms with Gasteiger partial charge in [0, 0.05) is 54.8 Å². The van der Waals surface area contributed by atoms with Crippen LogP contribution in [-0.2, 0) is 5.92 Å². The first-order valence-electron chi connectivity index (χ1n) is 10.5. The van der Waals surface area contributed by atoms with Crippen LogP contribution in [0.3, 0.4) is 0 Å². The average Bonchev–Trinajstić information content (AvgIpc) is 2.77. The van der Waals surface area contributed by atoms with Crippen molar-refractivity contribution in [2.75, 3.05) is 23.3 Å². The predicted molar refractivity (Wildman–Crippen MR) is 122 cm³/mol. The molecule has 1 saturated heterocycles. The normalized spacial score (nSPS) is 14.8. The highest BCUT2D eigenvalue weighted by atomic mass is 19.3. The molecule has 0 spiro atoms. The molecule has 1 fully saturated rings. The van der Waals surface area contributed by atoms with Gasteiger partial charge in [-0.15, -0.1) is 0 Å². The van der Waals surface area contributed by atoms with Gasteiger partial charge in [-0.05, 0) is 38.1 Å². The molecule has 2 N–H and O–H groups in total. The lowest BCUT2D eigenvalue weighted by Crippen LogP contribution is -2.60. The summed E-state index contributed by atoms with van der Waals surface area (Å²) >= 11 is 0. The van der Waals surface area contributed by atoms with E-state index in [0.717, 1.165) is 25.3 Å². The van der Waals surface area contributed by atoms with Crippen LogP contribution < -0.4 is 10.2 Å². The summed E-state index contributed by atoms with van der Waals surface area (Å²) in [6, 6.07) is 7.70. The number of nitriles is 1. The average molecular weight is 464 g/mol. The van der Waals surface area contributed by atoms with Crippen LogP contribution in [0, 0.1) is 18.3 Å². The fourth-order valence-corrected chi connectivity index (χ4v) is 3.78. The van der Waals surface area contributed by atoms with Crippen LogP contribution in [0.25, 0.3) is 11.1 Å². The molecule has 4 rings (SSSR count). The monoisotopic (exact) mass is 464 g/mol. The second-order valence-corrected chi connectivity index (χ2v) is 8.69. The minimum atomic E-state index is -3.10. The zero-order chi connectivity index (χ0) is 24.7. The highest BCUT2D eigenvalue weighted by Gasteiger charge is 2.38. The molecule has 0 aliphatic carbocycles. The van der Waals surface area contributed by atoms with E-state index in [4.69, 9.17) is 0 Å². The number of aliphatic hydroxyl groups is 1. The van der Waals surface area contributed by atoms with Gasteiger partial charge in [-0.1, -0.05) is 0 Å². The largest absolute Gasteiger partial charge is 0.386 e. The van der Waals surface area contributed by atoms with Crippen LogP contribution in [0.4, 0.5) is 20.3 Å². The summed E-state index contributed by atoms with van der Waals surface area (Å²) in [5, 5.41) is 22.2. The van der Waals surface area contributed by atoms with Gasteiger partial charge in [0.05, 0.1) is 23.0 Å². The first kappa shape index (κ1) is 23.2. The van der Waals surface area contributed by atoms with E-state index in [-0.39, 0.29) is 11.3 Å². The van der Waals surface area contributed by atoms with Gasteiger partial charge in [0.1, 0.15) is 17.6 Å². The minimum Gasteiger partial charge on any atom is -0.386 e. The fourth-order valence-electron chi connectivity index (χ4n) is 3.78. The van der Waals surface area contributed by atoms with Gasteiger partial charge in [0.2, 0.25) is 0 Å². The quantitative estimate of drug-likeness (QED) is 0.592. The molecule has 0 saturated carbocycles. The summed E-state index contributed by atoms with van der Waals surface area (Å²) in [4.78, 5) is 27.1. The molecule has 3 aromatic rings. The van der Waals surface area contributed by atoms with E-state index in [1.54, 1.807) is 32.2 Å². The first-order chi connectivity index (χ1) is 16.0. The lowest BCUT2D eigenvalue weighted by molar-refractivity contribution is 0.0173. The lowest BCUT2D eigenvalue weighted by Gasteiger charge is -2.45. The number of hydrogen-bond donors (Lipinski definition) is 2. The van der Waals surface area contributed by atoms with Crippen molar-refractivity contribution in [1.29, 1.82) is 5.26 Å². The molecule has 1 aliphatic heterocycles. The zero-order valence-corrected chi connectivity index (χ0v) is 18.8. The Kier molecular flexibility index (Phi) is 5.75. The van der Waals surface area contributed by atoms with Gasteiger partial charge >= 0.3 is 0 Å². The molecular formula is C24H22F2N6O2. The molecule has 34 heavy (non-hydrogen) atoms. The molecule has 0 atom stereocenters. The van der Waals surface area contributed by atoms with Gasteiger partial charge in [-0.2, -0.15) is 5.26 Å². The van der Waals surface area contributed by atoms with E-state index < -0.39 is 17.4 Å². The van der Waals surface area contributed by atoms with Gasteiger partial charge in [0.25, 0.3) is 11.8 Å². The van der Waals surface area contributed by atoms with Gasteiger partial charge in [-0.3, -0.25) is 14.8 Å². The molecule has 10 heteroatoms. The van der Waals surface area contributed by atoms with Crippen LogP contribution in [0.1, 0.15) is 41.2 Å². The Morgan fingerprint density at radius 3 is 2.62 bits per heavy atom. The number of halogens is 2. The smallest absolute Gasteiger partial charge is 0.274 e. The Hall–Kier alpha value is -3.97.